The summed E-state index contributed by atoms with van der Waals surface area (Å²) in [6, 6.07) is 4.42. The average molecular weight is 388 g/mol. The summed E-state index contributed by atoms with van der Waals surface area (Å²) in [4.78, 5) is 24.2. The van der Waals surface area contributed by atoms with Crippen molar-refractivity contribution >= 4 is 23.1 Å². The second-order valence-electron chi connectivity index (χ2n) is 6.63. The Hall–Kier alpha value is -2.51. The SMILES string of the molecule is Cc1nc2c(-c3ccc(Cl)cc3F)nc(N3CCNCC3)cn2c(=O)c1C. The van der Waals surface area contributed by atoms with Crippen molar-refractivity contribution in [2.75, 3.05) is 31.1 Å². The van der Waals surface area contributed by atoms with Crippen LogP contribution in [0.5, 0.6) is 0 Å². The van der Waals surface area contributed by atoms with E-state index < -0.39 is 5.82 Å². The van der Waals surface area contributed by atoms with Crippen LogP contribution in [0.2, 0.25) is 5.02 Å². The predicted molar refractivity (Wildman–Crippen MR) is 104 cm³/mol. The number of halogens is 2. The molecule has 0 amide bonds. The third-order valence-electron chi connectivity index (χ3n) is 4.89. The first-order valence-electron chi connectivity index (χ1n) is 8.77. The second-order valence-corrected chi connectivity index (χ2v) is 7.07. The van der Waals surface area contributed by atoms with E-state index in [0.29, 0.717) is 33.4 Å². The lowest BCUT2D eigenvalue weighted by atomic mass is 10.1. The lowest BCUT2D eigenvalue weighted by Crippen LogP contribution is -2.44. The van der Waals surface area contributed by atoms with Gasteiger partial charge in [-0.1, -0.05) is 11.6 Å². The molecule has 3 aromatic rings. The molecule has 27 heavy (non-hydrogen) atoms. The molecule has 1 aliphatic heterocycles. The molecular formula is C19H19ClFN5O. The summed E-state index contributed by atoms with van der Waals surface area (Å²) in [5.74, 6) is 0.127. The maximum Gasteiger partial charge on any atom is 0.261 e. The van der Waals surface area contributed by atoms with Crippen molar-refractivity contribution in [3.8, 4) is 11.3 Å². The topological polar surface area (TPSA) is 62.5 Å². The fourth-order valence-electron chi connectivity index (χ4n) is 3.23. The van der Waals surface area contributed by atoms with E-state index in [2.05, 4.69) is 15.2 Å². The molecule has 3 heterocycles. The van der Waals surface area contributed by atoms with Gasteiger partial charge in [-0.3, -0.25) is 9.20 Å². The number of aromatic nitrogens is 3. The lowest BCUT2D eigenvalue weighted by Gasteiger charge is -2.29. The van der Waals surface area contributed by atoms with Gasteiger partial charge in [-0.25, -0.2) is 14.4 Å². The molecule has 1 fully saturated rings. The van der Waals surface area contributed by atoms with Crippen LogP contribution >= 0.6 is 11.6 Å². The molecule has 0 aliphatic carbocycles. The first kappa shape index (κ1) is 17.9. The van der Waals surface area contributed by atoms with Crippen LogP contribution in [0.1, 0.15) is 11.3 Å². The van der Waals surface area contributed by atoms with Gasteiger partial charge in [0.15, 0.2) is 5.65 Å². The van der Waals surface area contributed by atoms with Crippen LogP contribution in [0, 0.1) is 19.7 Å². The highest BCUT2D eigenvalue weighted by Gasteiger charge is 2.20. The zero-order valence-corrected chi connectivity index (χ0v) is 15.8. The van der Waals surface area contributed by atoms with E-state index in [1.807, 2.05) is 0 Å². The molecule has 8 heteroatoms. The molecule has 1 aromatic carbocycles. The molecule has 6 nitrogen and oxygen atoms in total. The highest BCUT2D eigenvalue weighted by molar-refractivity contribution is 6.30. The molecule has 0 spiro atoms. The van der Waals surface area contributed by atoms with E-state index in [0.717, 1.165) is 26.2 Å². The van der Waals surface area contributed by atoms with Crippen LogP contribution in [0.15, 0.2) is 29.2 Å². The van der Waals surface area contributed by atoms with Crippen LogP contribution in [0.4, 0.5) is 10.2 Å². The van der Waals surface area contributed by atoms with Crippen molar-refractivity contribution in [2.24, 2.45) is 0 Å². The Morgan fingerprint density at radius 1 is 1.19 bits per heavy atom. The number of hydrogen-bond donors (Lipinski definition) is 1. The van der Waals surface area contributed by atoms with Gasteiger partial charge in [0.2, 0.25) is 0 Å². The molecular weight excluding hydrogens is 369 g/mol. The van der Waals surface area contributed by atoms with Gasteiger partial charge in [0.05, 0.1) is 6.20 Å². The van der Waals surface area contributed by atoms with E-state index >= 15 is 0 Å². The number of hydrogen-bond acceptors (Lipinski definition) is 5. The minimum Gasteiger partial charge on any atom is -0.353 e. The number of piperazine rings is 1. The third kappa shape index (κ3) is 3.17. The van der Waals surface area contributed by atoms with Gasteiger partial charge in [0, 0.05) is 48.0 Å². The van der Waals surface area contributed by atoms with E-state index in [-0.39, 0.29) is 11.1 Å². The molecule has 140 valence electrons. The summed E-state index contributed by atoms with van der Waals surface area (Å²) in [6.45, 7) is 6.67. The number of rotatable bonds is 2. The largest absolute Gasteiger partial charge is 0.353 e. The van der Waals surface area contributed by atoms with Crippen LogP contribution in [0.3, 0.4) is 0 Å². The highest BCUT2D eigenvalue weighted by atomic mass is 35.5. The van der Waals surface area contributed by atoms with Crippen LogP contribution in [0.25, 0.3) is 16.9 Å². The van der Waals surface area contributed by atoms with Crippen molar-refractivity contribution in [2.45, 2.75) is 13.8 Å². The fourth-order valence-corrected chi connectivity index (χ4v) is 3.39. The molecule has 2 aromatic heterocycles. The van der Waals surface area contributed by atoms with Crippen molar-refractivity contribution in [3.63, 3.8) is 0 Å². The predicted octanol–water partition coefficient (Wildman–Crippen LogP) is 2.58. The normalized spacial score (nSPS) is 14.7. The average Bonchev–Trinajstić information content (AvgIpc) is 2.67. The van der Waals surface area contributed by atoms with Crippen LogP contribution < -0.4 is 15.8 Å². The molecule has 0 atom stereocenters. The molecule has 4 rings (SSSR count). The van der Waals surface area contributed by atoms with Gasteiger partial charge >= 0.3 is 0 Å². The van der Waals surface area contributed by atoms with Crippen molar-refractivity contribution in [3.05, 3.63) is 56.8 Å². The Morgan fingerprint density at radius 3 is 2.63 bits per heavy atom. The summed E-state index contributed by atoms with van der Waals surface area (Å²) in [7, 11) is 0. The number of anilines is 1. The Labute approximate surface area is 160 Å². The number of nitrogens with zero attached hydrogens (tertiary/aromatic N) is 4. The van der Waals surface area contributed by atoms with Crippen LogP contribution in [-0.4, -0.2) is 40.5 Å². The van der Waals surface area contributed by atoms with Gasteiger partial charge in [-0.15, -0.1) is 0 Å². The van der Waals surface area contributed by atoms with E-state index in [1.165, 1.54) is 10.5 Å². The summed E-state index contributed by atoms with van der Waals surface area (Å²) >= 11 is 5.90. The summed E-state index contributed by atoms with van der Waals surface area (Å²) in [6.07, 6.45) is 1.69. The van der Waals surface area contributed by atoms with E-state index in [9.17, 15) is 9.18 Å². The first-order chi connectivity index (χ1) is 13.0. The summed E-state index contributed by atoms with van der Waals surface area (Å²) < 4.78 is 16.1. The molecule has 0 saturated carbocycles. The van der Waals surface area contributed by atoms with Gasteiger partial charge in [0.25, 0.3) is 5.56 Å². The Kier molecular flexibility index (Phi) is 4.57. The fraction of sp³-hybridized carbons (Fsp3) is 0.316. The van der Waals surface area contributed by atoms with Gasteiger partial charge < -0.3 is 10.2 Å². The summed E-state index contributed by atoms with van der Waals surface area (Å²) in [5, 5.41) is 3.59. The van der Waals surface area contributed by atoms with Crippen molar-refractivity contribution < 1.29 is 4.39 Å². The maximum absolute atomic E-state index is 14.7. The molecule has 1 saturated heterocycles. The van der Waals surface area contributed by atoms with Crippen LogP contribution in [-0.2, 0) is 0 Å². The highest BCUT2D eigenvalue weighted by Crippen LogP contribution is 2.28. The van der Waals surface area contributed by atoms with Crippen molar-refractivity contribution in [1.29, 1.82) is 0 Å². The minimum atomic E-state index is -0.498. The Bertz CT molecular complexity index is 1090. The first-order valence-corrected chi connectivity index (χ1v) is 9.15. The number of aryl methyl sites for hydroxylation is 1. The van der Waals surface area contributed by atoms with Gasteiger partial charge in [0.1, 0.15) is 17.3 Å². The molecule has 0 bridgehead atoms. The van der Waals surface area contributed by atoms with Gasteiger partial charge in [-0.2, -0.15) is 0 Å². The molecule has 0 radical (unpaired) electrons. The maximum atomic E-state index is 14.7. The Morgan fingerprint density at radius 2 is 1.93 bits per heavy atom. The Balaban J connectivity index is 2.04. The minimum absolute atomic E-state index is 0.174. The monoisotopic (exact) mass is 387 g/mol. The van der Waals surface area contributed by atoms with E-state index in [4.69, 9.17) is 16.6 Å². The molecule has 1 aliphatic rings. The van der Waals surface area contributed by atoms with Gasteiger partial charge in [-0.05, 0) is 32.0 Å². The number of benzene rings is 1. The lowest BCUT2D eigenvalue weighted by molar-refractivity contribution is 0.584. The smallest absolute Gasteiger partial charge is 0.261 e. The molecule has 1 N–H and O–H groups in total. The standard InChI is InChI=1S/C19H19ClFN5O/c1-11-12(2)23-18-17(14-4-3-13(20)9-15(14)21)24-16(10-26(18)19(11)27)25-7-5-22-6-8-25/h3-4,9-10,22H,5-8H2,1-2H3. The molecule has 0 unspecified atom stereocenters. The third-order valence-corrected chi connectivity index (χ3v) is 5.13. The second kappa shape index (κ2) is 6.90. The number of nitrogens with one attached hydrogen (secondary N) is 1. The van der Waals surface area contributed by atoms with E-state index in [1.54, 1.807) is 32.2 Å². The number of fused-ring (bicyclic) bond motifs is 1. The quantitative estimate of drug-likeness (QED) is 0.732. The zero-order chi connectivity index (χ0) is 19.1. The van der Waals surface area contributed by atoms with Crippen molar-refractivity contribution in [1.82, 2.24) is 19.7 Å². The summed E-state index contributed by atoms with van der Waals surface area (Å²) in [5.41, 5.74) is 1.93. The zero-order valence-electron chi connectivity index (χ0n) is 15.1.